The van der Waals surface area contributed by atoms with Crippen molar-refractivity contribution in [2.75, 3.05) is 0 Å². The van der Waals surface area contributed by atoms with E-state index in [1.54, 1.807) is 30.3 Å². The number of nitrogens with zero attached hydrogens (tertiary/aromatic N) is 1. The minimum Gasteiger partial charge on any atom is -0.288 e. The number of amides is 1. The highest BCUT2D eigenvalue weighted by Crippen LogP contribution is 2.40. The third kappa shape index (κ3) is 5.24. The van der Waals surface area contributed by atoms with Gasteiger partial charge in [-0.3, -0.25) is 14.0 Å². The number of hydrogen-bond donors (Lipinski definition) is 2. The molecule has 1 aromatic heterocycles. The van der Waals surface area contributed by atoms with Crippen molar-refractivity contribution in [2.24, 2.45) is 0 Å². The third-order valence-corrected chi connectivity index (χ3v) is 6.73. The zero-order valence-electron chi connectivity index (χ0n) is 17.0. The van der Waals surface area contributed by atoms with Gasteiger partial charge in [-0.15, -0.1) is 6.58 Å². The Kier molecular flexibility index (Phi) is 6.89. The van der Waals surface area contributed by atoms with Gasteiger partial charge in [0.05, 0.1) is 5.56 Å². The van der Waals surface area contributed by atoms with Crippen LogP contribution < -0.4 is 5.48 Å². The Morgan fingerprint density at radius 2 is 1.79 bits per heavy atom. The molecule has 0 saturated heterocycles. The molecule has 33 heavy (non-hydrogen) atoms. The van der Waals surface area contributed by atoms with Crippen LogP contribution in [0.5, 0.6) is 0 Å². The first-order chi connectivity index (χ1) is 15.6. The van der Waals surface area contributed by atoms with Crippen molar-refractivity contribution in [3.63, 3.8) is 0 Å². The normalized spacial score (nSPS) is 13.1. The summed E-state index contributed by atoms with van der Waals surface area (Å²) in [7, 11) is -4.37. The highest BCUT2D eigenvalue weighted by Gasteiger charge is 2.38. The van der Waals surface area contributed by atoms with Crippen LogP contribution >= 0.6 is 0 Å². The molecule has 10 heteroatoms. The van der Waals surface area contributed by atoms with E-state index in [4.69, 9.17) is 5.21 Å². The van der Waals surface area contributed by atoms with Gasteiger partial charge in [-0.05, 0) is 40.5 Å². The summed E-state index contributed by atoms with van der Waals surface area (Å²) in [5, 5.41) is 6.82. The maximum absolute atomic E-state index is 13.9. The van der Waals surface area contributed by atoms with Crippen LogP contribution in [-0.2, 0) is 21.0 Å². The van der Waals surface area contributed by atoms with E-state index in [0.29, 0.717) is 11.1 Å². The highest BCUT2D eigenvalue weighted by molar-refractivity contribution is 7.90. The van der Waals surface area contributed by atoms with Crippen molar-refractivity contribution >= 4 is 22.0 Å². The third-order valence-electron chi connectivity index (χ3n) is 4.83. The molecule has 3 aromatic rings. The number of aromatic nitrogens is 1. The fraction of sp³-hybridized carbons (Fsp3) is 0.0870. The molecule has 0 fully saturated rings. The Balaban J connectivity index is 2.06. The van der Waals surface area contributed by atoms with Crippen molar-refractivity contribution in [1.29, 1.82) is 0 Å². The molecule has 0 aliphatic rings. The van der Waals surface area contributed by atoms with Gasteiger partial charge in [0, 0.05) is 18.5 Å². The molecular weight excluding hydrogens is 457 g/mol. The summed E-state index contributed by atoms with van der Waals surface area (Å²) in [5.41, 5.74) is 0.981. The number of benzene rings is 2. The minimum atomic E-state index is -4.81. The second kappa shape index (κ2) is 9.47. The molecule has 0 saturated carbocycles. The standard InChI is InChI=1S/C23H19F3N2O4S/c1-2-21(33(31,32)28-13-12-16(15-28)8-11-22(29)27-30)19-10-9-18(14-20(19)23(24,25)26)17-6-4-3-5-7-17/h2-15,21,30H,1H2,(H,27,29)/b11-8+. The second-order valence-electron chi connectivity index (χ2n) is 6.95. The lowest BCUT2D eigenvalue weighted by molar-refractivity contribution is -0.138. The van der Waals surface area contributed by atoms with E-state index in [1.807, 2.05) is 0 Å². The quantitative estimate of drug-likeness (QED) is 0.222. The topological polar surface area (TPSA) is 88.4 Å². The van der Waals surface area contributed by atoms with Gasteiger partial charge in [0.15, 0.2) is 0 Å². The molecule has 1 heterocycles. The van der Waals surface area contributed by atoms with Crippen LogP contribution in [0.4, 0.5) is 13.2 Å². The molecule has 1 amide bonds. The van der Waals surface area contributed by atoms with Crippen molar-refractivity contribution < 1.29 is 31.6 Å². The van der Waals surface area contributed by atoms with Crippen molar-refractivity contribution in [2.45, 2.75) is 11.4 Å². The Bertz CT molecular complexity index is 1300. The van der Waals surface area contributed by atoms with Gasteiger partial charge < -0.3 is 0 Å². The SMILES string of the molecule is C=CC(c1ccc(-c2ccccc2)cc1C(F)(F)F)S(=O)(=O)n1ccc(/C=C/C(=O)NO)c1. The van der Waals surface area contributed by atoms with E-state index in [1.165, 1.54) is 23.7 Å². The molecule has 0 aliphatic heterocycles. The lowest BCUT2D eigenvalue weighted by atomic mass is 9.97. The van der Waals surface area contributed by atoms with Gasteiger partial charge in [-0.2, -0.15) is 13.2 Å². The lowest BCUT2D eigenvalue weighted by Gasteiger charge is -2.21. The van der Waals surface area contributed by atoms with E-state index in [0.717, 1.165) is 40.7 Å². The maximum Gasteiger partial charge on any atom is 0.416 e. The summed E-state index contributed by atoms with van der Waals surface area (Å²) in [5.74, 6) is -0.831. The minimum absolute atomic E-state index is 0.278. The molecule has 0 aliphatic carbocycles. The average molecular weight is 476 g/mol. The molecular formula is C23H19F3N2O4S. The predicted octanol–water partition coefficient (Wildman–Crippen LogP) is 4.80. The molecule has 2 N–H and O–H groups in total. The van der Waals surface area contributed by atoms with E-state index in [-0.39, 0.29) is 5.56 Å². The average Bonchev–Trinajstić information content (AvgIpc) is 3.28. The molecule has 1 atom stereocenters. The molecule has 1 unspecified atom stereocenters. The first-order valence-corrected chi connectivity index (χ1v) is 11.0. The molecule has 0 bridgehead atoms. The van der Waals surface area contributed by atoms with Crippen LogP contribution in [0.2, 0.25) is 0 Å². The Labute approximate surface area is 188 Å². The van der Waals surface area contributed by atoms with Gasteiger partial charge in [0.25, 0.3) is 5.91 Å². The molecule has 0 spiro atoms. The number of carbonyl (C=O) groups excluding carboxylic acids is 1. The number of hydrogen-bond acceptors (Lipinski definition) is 4. The molecule has 0 radical (unpaired) electrons. The zero-order chi connectivity index (χ0) is 24.2. The van der Waals surface area contributed by atoms with Crippen molar-refractivity contribution in [3.8, 4) is 11.1 Å². The van der Waals surface area contributed by atoms with E-state index < -0.39 is 38.5 Å². The summed E-state index contributed by atoms with van der Waals surface area (Å²) in [4.78, 5) is 11.1. The number of hydroxylamine groups is 1. The molecule has 6 nitrogen and oxygen atoms in total. The van der Waals surface area contributed by atoms with Crippen LogP contribution in [0, 0.1) is 0 Å². The first-order valence-electron chi connectivity index (χ1n) is 9.51. The van der Waals surface area contributed by atoms with Gasteiger partial charge in [0.1, 0.15) is 5.25 Å². The number of nitrogens with one attached hydrogen (secondary N) is 1. The number of halogens is 3. The fourth-order valence-electron chi connectivity index (χ4n) is 3.26. The summed E-state index contributed by atoms with van der Waals surface area (Å²) < 4.78 is 69.0. The summed E-state index contributed by atoms with van der Waals surface area (Å²) in [6.07, 6.45) is 0.611. The number of rotatable bonds is 7. The van der Waals surface area contributed by atoms with Crippen molar-refractivity contribution in [1.82, 2.24) is 9.45 Å². The van der Waals surface area contributed by atoms with Gasteiger partial charge >= 0.3 is 6.18 Å². The number of alkyl halides is 3. The van der Waals surface area contributed by atoms with Gasteiger partial charge in [0.2, 0.25) is 10.0 Å². The Morgan fingerprint density at radius 1 is 1.09 bits per heavy atom. The van der Waals surface area contributed by atoms with Crippen LogP contribution in [0.3, 0.4) is 0 Å². The number of carbonyl (C=O) groups is 1. The van der Waals surface area contributed by atoms with Crippen LogP contribution in [0.15, 0.2) is 85.7 Å². The van der Waals surface area contributed by atoms with Crippen LogP contribution in [0.1, 0.15) is 21.9 Å². The van der Waals surface area contributed by atoms with E-state index in [9.17, 15) is 26.4 Å². The molecule has 2 aromatic carbocycles. The monoisotopic (exact) mass is 476 g/mol. The molecule has 3 rings (SSSR count). The van der Waals surface area contributed by atoms with Gasteiger partial charge in [-0.25, -0.2) is 13.9 Å². The Hall–Kier alpha value is -3.63. The second-order valence-corrected chi connectivity index (χ2v) is 8.91. The van der Waals surface area contributed by atoms with E-state index >= 15 is 0 Å². The van der Waals surface area contributed by atoms with Crippen LogP contribution in [0.25, 0.3) is 17.2 Å². The smallest absolute Gasteiger partial charge is 0.288 e. The van der Waals surface area contributed by atoms with Crippen molar-refractivity contribution in [3.05, 3.63) is 102 Å². The summed E-state index contributed by atoms with van der Waals surface area (Å²) in [6.45, 7) is 3.46. The predicted molar refractivity (Wildman–Crippen MR) is 118 cm³/mol. The largest absolute Gasteiger partial charge is 0.416 e. The van der Waals surface area contributed by atoms with E-state index in [2.05, 4.69) is 6.58 Å². The van der Waals surface area contributed by atoms with Gasteiger partial charge in [-0.1, -0.05) is 48.5 Å². The highest BCUT2D eigenvalue weighted by atomic mass is 32.2. The summed E-state index contributed by atoms with van der Waals surface area (Å²) in [6, 6.07) is 13.3. The fourth-order valence-corrected chi connectivity index (χ4v) is 4.79. The maximum atomic E-state index is 13.9. The zero-order valence-corrected chi connectivity index (χ0v) is 17.8. The Morgan fingerprint density at radius 3 is 2.39 bits per heavy atom. The lowest BCUT2D eigenvalue weighted by Crippen LogP contribution is -2.22. The first kappa shape index (κ1) is 24.0. The van der Waals surface area contributed by atoms with Crippen LogP contribution in [-0.4, -0.2) is 23.5 Å². The summed E-state index contributed by atoms with van der Waals surface area (Å²) >= 11 is 0. The molecule has 172 valence electrons.